The maximum absolute atomic E-state index is 12.7. The van der Waals surface area contributed by atoms with Crippen molar-refractivity contribution >= 4 is 17.5 Å². The second kappa shape index (κ2) is 8.33. The topological polar surface area (TPSA) is 67.9 Å². The third-order valence-corrected chi connectivity index (χ3v) is 4.96. The summed E-state index contributed by atoms with van der Waals surface area (Å²) in [5.41, 5.74) is 4.44. The van der Waals surface area contributed by atoms with E-state index in [1.165, 1.54) is 36.7 Å². The Balaban J connectivity index is 1.85. The standard InChI is InChI=1S/C22H26N2O4/c1-24(2)22(26)17-12-19(27-3)20(28-4)13-18(17)23-21(25)11-14-8-9-15-6-5-7-16(15)10-14/h8-10,12-13H,5-7,11H2,1-4H3,(H,23,25). The van der Waals surface area contributed by atoms with Crippen molar-refractivity contribution in [2.24, 2.45) is 0 Å². The molecule has 6 heteroatoms. The number of carbonyl (C=O) groups is 2. The van der Waals surface area contributed by atoms with E-state index >= 15 is 0 Å². The number of ether oxygens (including phenoxy) is 2. The Morgan fingerprint density at radius 3 is 2.36 bits per heavy atom. The van der Waals surface area contributed by atoms with Crippen molar-refractivity contribution in [3.05, 3.63) is 52.6 Å². The highest BCUT2D eigenvalue weighted by molar-refractivity contribution is 6.04. The van der Waals surface area contributed by atoms with Gasteiger partial charge in [-0.3, -0.25) is 9.59 Å². The molecule has 0 aliphatic heterocycles. The molecule has 0 heterocycles. The molecule has 148 valence electrons. The predicted molar refractivity (Wildman–Crippen MR) is 108 cm³/mol. The van der Waals surface area contributed by atoms with Gasteiger partial charge in [0.25, 0.3) is 5.91 Å². The third-order valence-electron chi connectivity index (χ3n) is 4.96. The Morgan fingerprint density at radius 1 is 1.00 bits per heavy atom. The van der Waals surface area contributed by atoms with Crippen molar-refractivity contribution in [2.75, 3.05) is 33.6 Å². The molecule has 0 radical (unpaired) electrons. The van der Waals surface area contributed by atoms with Crippen LogP contribution in [0.3, 0.4) is 0 Å². The van der Waals surface area contributed by atoms with Crippen LogP contribution in [0.15, 0.2) is 30.3 Å². The molecular formula is C22H26N2O4. The van der Waals surface area contributed by atoms with Gasteiger partial charge in [-0.15, -0.1) is 0 Å². The molecule has 2 aromatic carbocycles. The summed E-state index contributed by atoms with van der Waals surface area (Å²) in [6.07, 6.45) is 3.61. The zero-order valence-electron chi connectivity index (χ0n) is 16.8. The van der Waals surface area contributed by atoms with Gasteiger partial charge in [-0.25, -0.2) is 0 Å². The maximum atomic E-state index is 12.7. The molecule has 2 amide bonds. The van der Waals surface area contributed by atoms with Gasteiger partial charge in [-0.05, 0) is 42.0 Å². The number of methoxy groups -OCH3 is 2. The first-order chi connectivity index (χ1) is 13.4. The van der Waals surface area contributed by atoms with Crippen molar-refractivity contribution in [1.29, 1.82) is 0 Å². The van der Waals surface area contributed by atoms with Gasteiger partial charge in [0.15, 0.2) is 11.5 Å². The number of anilines is 1. The molecule has 1 aliphatic carbocycles. The number of amides is 2. The minimum atomic E-state index is -0.228. The fourth-order valence-electron chi connectivity index (χ4n) is 3.52. The number of fused-ring (bicyclic) bond motifs is 1. The summed E-state index contributed by atoms with van der Waals surface area (Å²) in [7, 11) is 6.35. The fraction of sp³-hybridized carbons (Fsp3) is 0.364. The monoisotopic (exact) mass is 382 g/mol. The van der Waals surface area contributed by atoms with Crippen LogP contribution in [0.2, 0.25) is 0 Å². The van der Waals surface area contributed by atoms with Crippen LogP contribution in [-0.4, -0.2) is 45.0 Å². The van der Waals surface area contributed by atoms with E-state index in [0.29, 0.717) is 22.7 Å². The number of hydrogen-bond donors (Lipinski definition) is 1. The normalized spacial score (nSPS) is 12.3. The minimum absolute atomic E-state index is 0.182. The lowest BCUT2D eigenvalue weighted by Gasteiger charge is -2.18. The van der Waals surface area contributed by atoms with Gasteiger partial charge < -0.3 is 19.7 Å². The molecule has 0 fully saturated rings. The summed E-state index contributed by atoms with van der Waals surface area (Å²) >= 11 is 0. The Labute approximate surface area is 165 Å². The van der Waals surface area contributed by atoms with Crippen molar-refractivity contribution in [3.8, 4) is 11.5 Å². The number of aryl methyl sites for hydroxylation is 2. The number of nitrogens with one attached hydrogen (secondary N) is 1. The van der Waals surface area contributed by atoms with Crippen LogP contribution in [0.5, 0.6) is 11.5 Å². The quantitative estimate of drug-likeness (QED) is 0.834. The van der Waals surface area contributed by atoms with E-state index in [4.69, 9.17) is 9.47 Å². The summed E-state index contributed by atoms with van der Waals surface area (Å²) in [4.78, 5) is 26.7. The number of carbonyl (C=O) groups excluding carboxylic acids is 2. The lowest BCUT2D eigenvalue weighted by Crippen LogP contribution is -2.24. The molecule has 2 aromatic rings. The zero-order valence-corrected chi connectivity index (χ0v) is 16.8. The maximum Gasteiger partial charge on any atom is 0.255 e. The molecule has 0 unspecified atom stereocenters. The van der Waals surface area contributed by atoms with Gasteiger partial charge in [0.2, 0.25) is 5.91 Å². The zero-order chi connectivity index (χ0) is 20.3. The molecule has 6 nitrogen and oxygen atoms in total. The van der Waals surface area contributed by atoms with Crippen molar-refractivity contribution < 1.29 is 19.1 Å². The molecule has 0 aromatic heterocycles. The second-order valence-corrected chi connectivity index (χ2v) is 7.13. The van der Waals surface area contributed by atoms with E-state index in [2.05, 4.69) is 17.4 Å². The van der Waals surface area contributed by atoms with Crippen LogP contribution in [0, 0.1) is 0 Å². The van der Waals surface area contributed by atoms with E-state index in [1.54, 1.807) is 26.2 Å². The van der Waals surface area contributed by atoms with Crippen LogP contribution >= 0.6 is 0 Å². The Bertz CT molecular complexity index is 906. The molecule has 3 rings (SSSR count). The largest absolute Gasteiger partial charge is 0.493 e. The summed E-state index contributed by atoms with van der Waals surface area (Å²) in [6.45, 7) is 0. The molecule has 1 N–H and O–H groups in total. The third kappa shape index (κ3) is 4.11. The van der Waals surface area contributed by atoms with E-state index < -0.39 is 0 Å². The van der Waals surface area contributed by atoms with Gasteiger partial charge in [0.1, 0.15) is 0 Å². The Morgan fingerprint density at radius 2 is 1.68 bits per heavy atom. The van der Waals surface area contributed by atoms with E-state index in [9.17, 15) is 9.59 Å². The van der Waals surface area contributed by atoms with Crippen LogP contribution in [-0.2, 0) is 24.1 Å². The van der Waals surface area contributed by atoms with Gasteiger partial charge >= 0.3 is 0 Å². The first kappa shape index (κ1) is 19.7. The van der Waals surface area contributed by atoms with Crippen molar-refractivity contribution in [3.63, 3.8) is 0 Å². The average Bonchev–Trinajstić information content (AvgIpc) is 3.14. The van der Waals surface area contributed by atoms with Gasteiger partial charge in [0.05, 0.1) is 31.9 Å². The SMILES string of the molecule is COc1cc(NC(=O)Cc2ccc3c(c2)CCC3)c(C(=O)N(C)C)cc1OC. The van der Waals surface area contributed by atoms with Crippen LogP contribution in [0.4, 0.5) is 5.69 Å². The van der Waals surface area contributed by atoms with Gasteiger partial charge in [-0.1, -0.05) is 18.2 Å². The highest BCUT2D eigenvalue weighted by Crippen LogP contribution is 2.34. The molecule has 0 spiro atoms. The summed E-state index contributed by atoms with van der Waals surface area (Å²) in [5.74, 6) is 0.474. The van der Waals surface area contributed by atoms with Crippen LogP contribution in [0.25, 0.3) is 0 Å². The molecule has 1 aliphatic rings. The van der Waals surface area contributed by atoms with E-state index in [-0.39, 0.29) is 18.2 Å². The minimum Gasteiger partial charge on any atom is -0.493 e. The highest BCUT2D eigenvalue weighted by atomic mass is 16.5. The smallest absolute Gasteiger partial charge is 0.255 e. The van der Waals surface area contributed by atoms with Gasteiger partial charge in [-0.2, -0.15) is 0 Å². The molecule has 0 bridgehead atoms. The number of benzene rings is 2. The predicted octanol–water partition coefficient (Wildman–Crippen LogP) is 3.08. The molecule has 0 atom stereocenters. The Kier molecular flexibility index (Phi) is 5.87. The van der Waals surface area contributed by atoms with Crippen LogP contribution < -0.4 is 14.8 Å². The van der Waals surface area contributed by atoms with Gasteiger partial charge in [0, 0.05) is 20.2 Å². The second-order valence-electron chi connectivity index (χ2n) is 7.13. The van der Waals surface area contributed by atoms with Crippen molar-refractivity contribution in [2.45, 2.75) is 25.7 Å². The first-order valence-electron chi connectivity index (χ1n) is 9.31. The first-order valence-corrected chi connectivity index (χ1v) is 9.31. The number of rotatable bonds is 6. The summed E-state index contributed by atoms with van der Waals surface area (Å²) in [6, 6.07) is 9.44. The van der Waals surface area contributed by atoms with E-state index in [1.807, 2.05) is 6.07 Å². The molecular weight excluding hydrogens is 356 g/mol. The average molecular weight is 382 g/mol. The number of nitrogens with zero attached hydrogens (tertiary/aromatic N) is 1. The molecule has 0 saturated carbocycles. The van der Waals surface area contributed by atoms with E-state index in [0.717, 1.165) is 18.4 Å². The highest BCUT2D eigenvalue weighted by Gasteiger charge is 2.20. The summed E-state index contributed by atoms with van der Waals surface area (Å²) < 4.78 is 10.6. The number of hydrogen-bond acceptors (Lipinski definition) is 4. The van der Waals surface area contributed by atoms with Crippen LogP contribution in [0.1, 0.15) is 33.5 Å². The fourth-order valence-corrected chi connectivity index (χ4v) is 3.52. The summed E-state index contributed by atoms with van der Waals surface area (Å²) in [5, 5.41) is 2.87. The molecule has 0 saturated heterocycles. The molecule has 28 heavy (non-hydrogen) atoms. The lowest BCUT2D eigenvalue weighted by atomic mass is 10.0. The Hall–Kier alpha value is -3.02. The van der Waals surface area contributed by atoms with Crippen molar-refractivity contribution in [1.82, 2.24) is 4.90 Å². The lowest BCUT2D eigenvalue weighted by molar-refractivity contribution is -0.115.